The van der Waals surface area contributed by atoms with E-state index >= 15 is 0 Å². The first-order chi connectivity index (χ1) is 11.2. The van der Waals surface area contributed by atoms with Gasteiger partial charge in [-0.05, 0) is 48.4 Å². The lowest BCUT2D eigenvalue weighted by Gasteiger charge is -2.07. The number of carbonyl (C=O) groups is 2. The number of nitrogens with one attached hydrogen (secondary N) is 2. The van der Waals surface area contributed by atoms with E-state index in [9.17, 15) is 9.59 Å². The van der Waals surface area contributed by atoms with Crippen molar-refractivity contribution >= 4 is 28.8 Å². The van der Waals surface area contributed by atoms with E-state index in [1.807, 2.05) is 41.8 Å². The molecule has 1 saturated carbocycles. The molecular weight excluding hydrogens is 308 g/mol. The van der Waals surface area contributed by atoms with Crippen LogP contribution >= 0.6 is 11.3 Å². The van der Waals surface area contributed by atoms with Gasteiger partial charge in [0.05, 0.1) is 0 Å². The monoisotopic (exact) mass is 328 g/mol. The topological polar surface area (TPSA) is 58.2 Å². The van der Waals surface area contributed by atoms with Crippen LogP contribution in [-0.2, 0) is 22.6 Å². The normalized spacial score (nSPS) is 13.6. The third kappa shape index (κ3) is 4.93. The van der Waals surface area contributed by atoms with E-state index in [0.717, 1.165) is 30.5 Å². The lowest BCUT2D eigenvalue weighted by atomic mass is 10.2. The molecular formula is C18H20N2O2S. The standard InChI is InChI=1S/C18H20N2O2S/c21-17(10-9-16-2-1-11-23-16)19-12-13-3-7-15(8-4-13)20-18(22)14-5-6-14/h1-4,7-8,11,14H,5-6,9-10,12H2,(H,19,21)(H,20,22). The molecule has 0 radical (unpaired) electrons. The van der Waals surface area contributed by atoms with Crippen molar-refractivity contribution in [3.63, 3.8) is 0 Å². The van der Waals surface area contributed by atoms with Gasteiger partial charge < -0.3 is 10.6 Å². The number of carbonyl (C=O) groups excluding carboxylic acids is 2. The Morgan fingerprint density at radius 1 is 1.13 bits per heavy atom. The first kappa shape index (κ1) is 15.7. The summed E-state index contributed by atoms with van der Waals surface area (Å²) in [6.45, 7) is 0.514. The second kappa shape index (κ2) is 7.42. The van der Waals surface area contributed by atoms with Crippen molar-refractivity contribution in [3.05, 3.63) is 52.2 Å². The van der Waals surface area contributed by atoms with Gasteiger partial charge in [0.1, 0.15) is 0 Å². The SMILES string of the molecule is O=C(CCc1cccs1)NCc1ccc(NC(=O)C2CC2)cc1. The summed E-state index contributed by atoms with van der Waals surface area (Å²) in [6.07, 6.45) is 3.30. The second-order valence-electron chi connectivity index (χ2n) is 5.82. The highest BCUT2D eigenvalue weighted by Crippen LogP contribution is 2.30. The minimum atomic E-state index is 0.0597. The fourth-order valence-electron chi connectivity index (χ4n) is 2.28. The van der Waals surface area contributed by atoms with Gasteiger partial charge in [-0.3, -0.25) is 9.59 Å². The molecule has 0 saturated heterocycles. The second-order valence-corrected chi connectivity index (χ2v) is 6.85. The maximum Gasteiger partial charge on any atom is 0.227 e. The Morgan fingerprint density at radius 3 is 2.57 bits per heavy atom. The van der Waals surface area contributed by atoms with Gasteiger partial charge in [0, 0.05) is 29.4 Å². The van der Waals surface area contributed by atoms with Crippen LogP contribution in [0.1, 0.15) is 29.7 Å². The highest BCUT2D eigenvalue weighted by Gasteiger charge is 2.29. The molecule has 3 rings (SSSR count). The van der Waals surface area contributed by atoms with Gasteiger partial charge in [-0.1, -0.05) is 18.2 Å². The summed E-state index contributed by atoms with van der Waals surface area (Å²) >= 11 is 1.68. The fourth-order valence-corrected chi connectivity index (χ4v) is 2.99. The third-order valence-corrected chi connectivity index (χ3v) is 4.77. The minimum absolute atomic E-state index is 0.0597. The van der Waals surface area contributed by atoms with Crippen LogP contribution in [0.2, 0.25) is 0 Å². The van der Waals surface area contributed by atoms with Crippen molar-refractivity contribution in [1.82, 2.24) is 5.32 Å². The van der Waals surface area contributed by atoms with Gasteiger partial charge in [0.2, 0.25) is 11.8 Å². The minimum Gasteiger partial charge on any atom is -0.352 e. The van der Waals surface area contributed by atoms with E-state index in [-0.39, 0.29) is 17.7 Å². The van der Waals surface area contributed by atoms with Crippen molar-refractivity contribution < 1.29 is 9.59 Å². The molecule has 1 aliphatic rings. The van der Waals surface area contributed by atoms with E-state index in [1.165, 1.54) is 4.88 Å². The molecule has 0 spiro atoms. The zero-order valence-electron chi connectivity index (χ0n) is 12.9. The Labute approximate surface area is 139 Å². The predicted molar refractivity (Wildman–Crippen MR) is 92.3 cm³/mol. The first-order valence-corrected chi connectivity index (χ1v) is 8.77. The van der Waals surface area contributed by atoms with Gasteiger partial charge in [0.15, 0.2) is 0 Å². The highest BCUT2D eigenvalue weighted by molar-refractivity contribution is 7.09. The Bertz CT molecular complexity index is 661. The Kier molecular flexibility index (Phi) is 5.08. The quantitative estimate of drug-likeness (QED) is 0.819. The summed E-state index contributed by atoms with van der Waals surface area (Å²) in [5.74, 6) is 0.376. The zero-order valence-corrected chi connectivity index (χ0v) is 13.7. The molecule has 2 N–H and O–H groups in total. The fraction of sp³-hybridized carbons (Fsp3) is 0.333. The number of aryl methyl sites for hydroxylation is 1. The molecule has 1 aliphatic carbocycles. The lowest BCUT2D eigenvalue weighted by Crippen LogP contribution is -2.22. The van der Waals surface area contributed by atoms with Gasteiger partial charge in [0.25, 0.3) is 0 Å². The smallest absolute Gasteiger partial charge is 0.227 e. The van der Waals surface area contributed by atoms with Crippen LogP contribution < -0.4 is 10.6 Å². The molecule has 2 amide bonds. The van der Waals surface area contributed by atoms with Gasteiger partial charge in [-0.25, -0.2) is 0 Å². The summed E-state index contributed by atoms with van der Waals surface area (Å²) < 4.78 is 0. The molecule has 1 fully saturated rings. The van der Waals surface area contributed by atoms with Gasteiger partial charge >= 0.3 is 0 Å². The van der Waals surface area contributed by atoms with Crippen LogP contribution in [0.5, 0.6) is 0 Å². The van der Waals surface area contributed by atoms with E-state index in [1.54, 1.807) is 11.3 Å². The third-order valence-electron chi connectivity index (χ3n) is 3.84. The maximum absolute atomic E-state index is 11.8. The molecule has 0 atom stereocenters. The van der Waals surface area contributed by atoms with E-state index < -0.39 is 0 Å². The first-order valence-electron chi connectivity index (χ1n) is 7.89. The summed E-state index contributed by atoms with van der Waals surface area (Å²) in [5, 5.41) is 7.86. The lowest BCUT2D eigenvalue weighted by molar-refractivity contribution is -0.121. The van der Waals surface area contributed by atoms with Gasteiger partial charge in [-0.15, -0.1) is 11.3 Å². The molecule has 1 aromatic carbocycles. The summed E-state index contributed by atoms with van der Waals surface area (Å²) in [4.78, 5) is 24.8. The summed E-state index contributed by atoms with van der Waals surface area (Å²) in [5.41, 5.74) is 1.84. The van der Waals surface area contributed by atoms with Crippen molar-refractivity contribution in [2.75, 3.05) is 5.32 Å². The number of hydrogen-bond acceptors (Lipinski definition) is 3. The maximum atomic E-state index is 11.8. The van der Waals surface area contributed by atoms with Crippen molar-refractivity contribution in [3.8, 4) is 0 Å². The van der Waals surface area contributed by atoms with Crippen molar-refractivity contribution in [2.45, 2.75) is 32.2 Å². The Hall–Kier alpha value is -2.14. The number of hydrogen-bond donors (Lipinski definition) is 2. The molecule has 2 aromatic rings. The summed E-state index contributed by atoms with van der Waals surface area (Å²) in [7, 11) is 0. The highest BCUT2D eigenvalue weighted by atomic mass is 32.1. The molecule has 0 unspecified atom stereocenters. The molecule has 0 aliphatic heterocycles. The van der Waals surface area contributed by atoms with E-state index in [2.05, 4.69) is 10.6 Å². The average Bonchev–Trinajstić information content (AvgIpc) is 3.29. The van der Waals surface area contributed by atoms with E-state index in [0.29, 0.717) is 13.0 Å². The molecule has 120 valence electrons. The number of rotatable bonds is 7. The van der Waals surface area contributed by atoms with Crippen LogP contribution in [0.3, 0.4) is 0 Å². The molecule has 0 bridgehead atoms. The molecule has 23 heavy (non-hydrogen) atoms. The Balaban J connectivity index is 1.40. The summed E-state index contributed by atoms with van der Waals surface area (Å²) in [6, 6.07) is 11.7. The number of thiophene rings is 1. The average molecular weight is 328 g/mol. The molecule has 5 heteroatoms. The van der Waals surface area contributed by atoms with Crippen LogP contribution in [0.25, 0.3) is 0 Å². The van der Waals surface area contributed by atoms with Gasteiger partial charge in [-0.2, -0.15) is 0 Å². The molecule has 1 aromatic heterocycles. The number of benzene rings is 1. The van der Waals surface area contributed by atoms with E-state index in [4.69, 9.17) is 0 Å². The predicted octanol–water partition coefficient (Wildman–Crippen LogP) is 3.35. The van der Waals surface area contributed by atoms with Crippen molar-refractivity contribution in [1.29, 1.82) is 0 Å². The zero-order chi connectivity index (χ0) is 16.1. The van der Waals surface area contributed by atoms with Crippen LogP contribution in [0.15, 0.2) is 41.8 Å². The van der Waals surface area contributed by atoms with Crippen LogP contribution in [-0.4, -0.2) is 11.8 Å². The largest absolute Gasteiger partial charge is 0.352 e. The molecule has 4 nitrogen and oxygen atoms in total. The van der Waals surface area contributed by atoms with Crippen molar-refractivity contribution in [2.24, 2.45) is 5.92 Å². The number of amides is 2. The molecule has 1 heterocycles. The number of anilines is 1. The van der Waals surface area contributed by atoms with Crippen LogP contribution in [0.4, 0.5) is 5.69 Å². The van der Waals surface area contributed by atoms with Crippen LogP contribution in [0, 0.1) is 5.92 Å². The Morgan fingerprint density at radius 2 is 1.91 bits per heavy atom.